The lowest BCUT2D eigenvalue weighted by Crippen LogP contribution is -2.31. The molecule has 2 aromatic rings. The molecule has 1 aromatic heterocycles. The molecule has 0 unspecified atom stereocenters. The molecule has 0 amide bonds. The highest BCUT2D eigenvalue weighted by molar-refractivity contribution is 6.17. The molecule has 5 heteroatoms. The summed E-state index contributed by atoms with van der Waals surface area (Å²) in [7, 11) is 0. The van der Waals surface area contributed by atoms with Crippen LogP contribution in [0, 0.1) is 0 Å². The van der Waals surface area contributed by atoms with Crippen LogP contribution < -0.4 is 14.8 Å². The second-order valence-corrected chi connectivity index (χ2v) is 6.20. The van der Waals surface area contributed by atoms with Gasteiger partial charge >= 0.3 is 0 Å². The maximum absolute atomic E-state index is 5.87. The van der Waals surface area contributed by atoms with E-state index in [4.69, 9.17) is 21.1 Å². The smallest absolute Gasteiger partial charge is 0.162 e. The molecule has 1 aliphatic rings. The zero-order valence-corrected chi connectivity index (χ0v) is 13.0. The van der Waals surface area contributed by atoms with Crippen molar-refractivity contribution >= 4 is 28.2 Å². The van der Waals surface area contributed by atoms with E-state index in [9.17, 15) is 0 Å². The molecule has 1 aromatic carbocycles. The number of fused-ring (bicyclic) bond motifs is 2. The quantitative estimate of drug-likeness (QED) is 0.872. The highest BCUT2D eigenvalue weighted by atomic mass is 35.5. The summed E-state index contributed by atoms with van der Waals surface area (Å²) in [5, 5.41) is 5.59. The van der Waals surface area contributed by atoms with Crippen molar-refractivity contribution in [3.63, 3.8) is 0 Å². The molecule has 4 nitrogen and oxygen atoms in total. The lowest BCUT2D eigenvalue weighted by atomic mass is 10.0. The van der Waals surface area contributed by atoms with E-state index in [0.29, 0.717) is 19.1 Å². The third kappa shape index (κ3) is 3.00. The van der Waals surface area contributed by atoms with E-state index in [1.807, 2.05) is 18.2 Å². The summed E-state index contributed by atoms with van der Waals surface area (Å²) in [6.45, 7) is 5.42. The van der Waals surface area contributed by atoms with Gasteiger partial charge in [0.1, 0.15) is 19.0 Å². The zero-order valence-electron chi connectivity index (χ0n) is 12.3. The second-order valence-electron chi connectivity index (χ2n) is 5.82. The van der Waals surface area contributed by atoms with Crippen LogP contribution in [0.5, 0.6) is 11.5 Å². The highest BCUT2D eigenvalue weighted by Gasteiger charge is 2.20. The van der Waals surface area contributed by atoms with Crippen LogP contribution >= 0.6 is 11.6 Å². The maximum Gasteiger partial charge on any atom is 0.162 e. The lowest BCUT2D eigenvalue weighted by molar-refractivity contribution is 0.172. The van der Waals surface area contributed by atoms with Crippen LogP contribution in [0.15, 0.2) is 24.4 Å². The van der Waals surface area contributed by atoms with Crippen LogP contribution in [0.4, 0.5) is 5.82 Å². The minimum absolute atomic E-state index is 0.115. The Kier molecular flexibility index (Phi) is 3.81. The molecular formula is C16H19ClN2O2. The van der Waals surface area contributed by atoms with Crippen molar-refractivity contribution in [3.05, 3.63) is 24.4 Å². The molecule has 1 N–H and O–H groups in total. The predicted octanol–water partition coefficient (Wildman–Crippen LogP) is 3.83. The Balaban J connectivity index is 2.03. The number of pyridine rings is 1. The van der Waals surface area contributed by atoms with Crippen molar-refractivity contribution in [2.24, 2.45) is 0 Å². The Morgan fingerprint density at radius 3 is 2.67 bits per heavy atom. The summed E-state index contributed by atoms with van der Waals surface area (Å²) in [5.41, 5.74) is -0.115. The van der Waals surface area contributed by atoms with Crippen LogP contribution in [0.1, 0.15) is 20.3 Å². The number of aromatic nitrogens is 1. The monoisotopic (exact) mass is 306 g/mol. The summed E-state index contributed by atoms with van der Waals surface area (Å²) >= 11 is 5.87. The van der Waals surface area contributed by atoms with Crippen molar-refractivity contribution in [1.82, 2.24) is 4.98 Å². The largest absolute Gasteiger partial charge is 0.486 e. The number of rotatable bonds is 4. The third-order valence-corrected chi connectivity index (χ3v) is 3.79. The summed E-state index contributed by atoms with van der Waals surface area (Å²) in [4.78, 5) is 4.47. The summed E-state index contributed by atoms with van der Waals surface area (Å²) in [6, 6.07) is 5.98. The first-order chi connectivity index (χ1) is 10.1. The fourth-order valence-electron chi connectivity index (χ4n) is 2.43. The van der Waals surface area contributed by atoms with Crippen LogP contribution in [0.25, 0.3) is 10.8 Å². The van der Waals surface area contributed by atoms with E-state index in [-0.39, 0.29) is 5.54 Å². The summed E-state index contributed by atoms with van der Waals surface area (Å²) in [5.74, 6) is 3.03. The van der Waals surface area contributed by atoms with Gasteiger partial charge in [-0.2, -0.15) is 0 Å². The third-order valence-electron chi connectivity index (χ3n) is 3.60. The average molecular weight is 307 g/mol. The molecule has 0 radical (unpaired) electrons. The van der Waals surface area contributed by atoms with E-state index in [1.54, 1.807) is 6.20 Å². The average Bonchev–Trinajstić information content (AvgIpc) is 2.45. The standard InChI is InChI=1S/C16H19ClN2O2/c1-16(2,4-5-17)19-15-12-10-14-13(20-7-8-21-14)9-11(12)3-6-18-15/h3,6,9-10H,4-5,7-8H2,1-2H3,(H,18,19). The van der Waals surface area contributed by atoms with Crippen LogP contribution in [0.2, 0.25) is 0 Å². The van der Waals surface area contributed by atoms with Gasteiger partial charge in [0.2, 0.25) is 0 Å². The maximum atomic E-state index is 5.87. The molecule has 0 spiro atoms. The molecule has 1 aliphatic heterocycles. The van der Waals surface area contributed by atoms with Gasteiger partial charge in [-0.1, -0.05) is 0 Å². The van der Waals surface area contributed by atoms with Crippen molar-refractivity contribution in [1.29, 1.82) is 0 Å². The SMILES string of the molecule is CC(C)(CCCl)Nc1nccc2cc3c(cc12)OCCO3. The van der Waals surface area contributed by atoms with Gasteiger partial charge in [0, 0.05) is 23.0 Å². The Morgan fingerprint density at radius 1 is 1.24 bits per heavy atom. The number of benzene rings is 1. The summed E-state index contributed by atoms with van der Waals surface area (Å²) < 4.78 is 11.3. The van der Waals surface area contributed by atoms with E-state index in [0.717, 1.165) is 34.5 Å². The fraction of sp³-hybridized carbons (Fsp3) is 0.438. The molecule has 0 fully saturated rings. The van der Waals surface area contributed by atoms with Crippen molar-refractivity contribution in [3.8, 4) is 11.5 Å². The number of nitrogens with one attached hydrogen (secondary N) is 1. The van der Waals surface area contributed by atoms with Gasteiger partial charge in [-0.25, -0.2) is 4.98 Å². The number of anilines is 1. The van der Waals surface area contributed by atoms with Gasteiger partial charge in [0.25, 0.3) is 0 Å². The number of hydrogen-bond donors (Lipinski definition) is 1. The number of ether oxygens (including phenoxy) is 2. The minimum atomic E-state index is -0.115. The van der Waals surface area contributed by atoms with Crippen LogP contribution in [-0.4, -0.2) is 29.6 Å². The minimum Gasteiger partial charge on any atom is -0.486 e. The first-order valence-corrected chi connectivity index (χ1v) is 7.65. The number of hydrogen-bond acceptors (Lipinski definition) is 4. The van der Waals surface area contributed by atoms with E-state index in [2.05, 4.69) is 24.1 Å². The van der Waals surface area contributed by atoms with E-state index >= 15 is 0 Å². The number of nitrogens with zero attached hydrogens (tertiary/aromatic N) is 1. The highest BCUT2D eigenvalue weighted by Crippen LogP contribution is 2.37. The van der Waals surface area contributed by atoms with Gasteiger partial charge in [-0.3, -0.25) is 0 Å². The molecule has 0 aliphatic carbocycles. The van der Waals surface area contributed by atoms with E-state index < -0.39 is 0 Å². The van der Waals surface area contributed by atoms with Crippen molar-refractivity contribution in [2.75, 3.05) is 24.4 Å². The van der Waals surface area contributed by atoms with Gasteiger partial charge in [0.05, 0.1) is 0 Å². The fourth-order valence-corrected chi connectivity index (χ4v) is 2.90. The van der Waals surface area contributed by atoms with Gasteiger partial charge in [-0.05, 0) is 43.9 Å². The van der Waals surface area contributed by atoms with Crippen LogP contribution in [0.3, 0.4) is 0 Å². The summed E-state index contributed by atoms with van der Waals surface area (Å²) in [6.07, 6.45) is 2.66. The molecule has 112 valence electrons. The zero-order chi connectivity index (χ0) is 14.9. The molecule has 0 saturated carbocycles. The Morgan fingerprint density at radius 2 is 1.95 bits per heavy atom. The van der Waals surface area contributed by atoms with Crippen molar-refractivity contribution < 1.29 is 9.47 Å². The predicted molar refractivity (Wildman–Crippen MR) is 85.8 cm³/mol. The number of halogens is 1. The van der Waals surface area contributed by atoms with Gasteiger partial charge in [-0.15, -0.1) is 11.6 Å². The Labute approximate surface area is 129 Å². The van der Waals surface area contributed by atoms with Gasteiger partial charge < -0.3 is 14.8 Å². The molecule has 2 heterocycles. The van der Waals surface area contributed by atoms with E-state index in [1.165, 1.54) is 0 Å². The molecule has 0 saturated heterocycles. The first-order valence-electron chi connectivity index (χ1n) is 7.11. The van der Waals surface area contributed by atoms with Gasteiger partial charge in [0.15, 0.2) is 11.5 Å². The molecule has 0 bridgehead atoms. The molecule has 0 atom stereocenters. The molecule has 3 rings (SSSR count). The molecular weight excluding hydrogens is 288 g/mol. The van der Waals surface area contributed by atoms with Crippen molar-refractivity contribution in [2.45, 2.75) is 25.8 Å². The molecule has 21 heavy (non-hydrogen) atoms. The second kappa shape index (κ2) is 5.60. The van der Waals surface area contributed by atoms with Crippen LogP contribution in [-0.2, 0) is 0 Å². The normalized spacial score (nSPS) is 14.2. The first kappa shape index (κ1) is 14.3. The lowest BCUT2D eigenvalue weighted by Gasteiger charge is -2.27. The number of alkyl halides is 1. The Hall–Kier alpha value is -1.68. The Bertz CT molecular complexity index is 658. The topological polar surface area (TPSA) is 43.4 Å².